The van der Waals surface area contributed by atoms with Crippen LogP contribution in [0.25, 0.3) is 11.1 Å². The Bertz CT molecular complexity index is 542. The maximum atomic E-state index is 12.8. The van der Waals surface area contributed by atoms with Gasteiger partial charge in [0.1, 0.15) is 5.82 Å². The van der Waals surface area contributed by atoms with Crippen LogP contribution < -0.4 is 11.5 Å². The zero-order valence-corrected chi connectivity index (χ0v) is 14.1. The fraction of sp³-hybridized carbons (Fsp3) is 0. The molecule has 0 aliphatic rings. The molecule has 0 spiro atoms. The van der Waals surface area contributed by atoms with Crippen LogP contribution >= 0.6 is 48.6 Å². The van der Waals surface area contributed by atoms with Crippen LogP contribution in [0.1, 0.15) is 10.4 Å². The molecule has 3 nitrogen and oxygen atoms in total. The van der Waals surface area contributed by atoms with E-state index in [0.717, 1.165) is 5.56 Å². The number of amides is 1. The molecule has 1 heterocycles. The van der Waals surface area contributed by atoms with E-state index in [2.05, 4.69) is 37.2 Å². The summed E-state index contributed by atoms with van der Waals surface area (Å²) in [5.41, 5.74) is 12.6. The summed E-state index contributed by atoms with van der Waals surface area (Å²) in [6.45, 7) is 0. The molecule has 1 aromatic carbocycles. The number of benzene rings is 1. The maximum Gasteiger partial charge on any atom is 0.252 e. The van der Waals surface area contributed by atoms with E-state index < -0.39 is 5.91 Å². The van der Waals surface area contributed by atoms with Crippen molar-refractivity contribution in [2.24, 2.45) is 5.73 Å². The summed E-state index contributed by atoms with van der Waals surface area (Å²) in [4.78, 5) is 11.2. The smallest absolute Gasteiger partial charge is 0.252 e. The van der Waals surface area contributed by atoms with Gasteiger partial charge in [0.25, 0.3) is 5.91 Å². The van der Waals surface area contributed by atoms with E-state index in [9.17, 15) is 9.18 Å². The van der Waals surface area contributed by atoms with Crippen LogP contribution in [0.5, 0.6) is 0 Å². The van der Waals surface area contributed by atoms with Gasteiger partial charge >= 0.3 is 0 Å². The summed E-state index contributed by atoms with van der Waals surface area (Å²) in [6.07, 6.45) is 0. The first-order valence-corrected chi connectivity index (χ1v) is 11.8. The average molecular weight is 490 g/mol. The third-order valence-electron chi connectivity index (χ3n) is 2.22. The number of nitrogens with two attached hydrogens (primary N) is 2. The van der Waals surface area contributed by atoms with Gasteiger partial charge in [-0.25, -0.2) is 4.39 Å². The number of hydrogen-bond acceptors (Lipinski definition) is 3. The number of hydrogen-bond donors (Lipinski definition) is 2. The standard InChI is InChI=1S/C11H9FN2OS.I2/c12-7-3-1-6(2-4-7)8-5-16-11(14)9(8)10(13)15;1-2/h1-5H,14H2,(H2,13,15);. The predicted molar refractivity (Wildman–Crippen MR) is 90.7 cm³/mol. The minimum atomic E-state index is -0.571. The molecule has 0 saturated carbocycles. The number of primary amides is 1. The van der Waals surface area contributed by atoms with Gasteiger partial charge in [-0.1, -0.05) is 12.1 Å². The van der Waals surface area contributed by atoms with Gasteiger partial charge in [-0.3, -0.25) is 4.79 Å². The predicted octanol–water partition coefficient (Wildman–Crippen LogP) is 4.01. The van der Waals surface area contributed by atoms with Gasteiger partial charge in [-0.05, 0) is 17.7 Å². The number of anilines is 1. The van der Waals surface area contributed by atoms with Crippen LogP contribution in [0.2, 0.25) is 0 Å². The number of nitrogen functional groups attached to an aromatic ring is 1. The van der Waals surface area contributed by atoms with Crippen molar-refractivity contribution in [2.45, 2.75) is 0 Å². The van der Waals surface area contributed by atoms with Crippen molar-refractivity contribution in [1.29, 1.82) is 0 Å². The monoisotopic (exact) mass is 490 g/mol. The number of halogens is 3. The Hall–Kier alpha value is -0.420. The van der Waals surface area contributed by atoms with Crippen molar-refractivity contribution < 1.29 is 9.18 Å². The minimum absolute atomic E-state index is 0.302. The third kappa shape index (κ3) is 3.54. The molecule has 2 rings (SSSR count). The lowest BCUT2D eigenvalue weighted by Crippen LogP contribution is -2.12. The molecule has 0 atom stereocenters. The first kappa shape index (κ1) is 15.6. The molecule has 0 unspecified atom stereocenters. The number of carbonyl (C=O) groups is 1. The van der Waals surface area contributed by atoms with Crippen molar-refractivity contribution in [3.8, 4) is 11.1 Å². The van der Waals surface area contributed by atoms with Crippen molar-refractivity contribution >= 4 is 59.5 Å². The fourth-order valence-corrected chi connectivity index (χ4v) is 2.30. The van der Waals surface area contributed by atoms with Crippen LogP contribution in [0, 0.1) is 5.82 Å². The highest BCUT2D eigenvalue weighted by Crippen LogP contribution is 2.33. The molecule has 0 bridgehead atoms. The van der Waals surface area contributed by atoms with Gasteiger partial charge < -0.3 is 11.5 Å². The summed E-state index contributed by atoms with van der Waals surface area (Å²) in [5, 5.41) is 2.12. The van der Waals surface area contributed by atoms with Crippen LogP contribution in [0.4, 0.5) is 9.39 Å². The lowest BCUT2D eigenvalue weighted by Gasteiger charge is -2.01. The van der Waals surface area contributed by atoms with E-state index in [-0.39, 0.29) is 5.82 Å². The Morgan fingerprint density at radius 2 is 1.78 bits per heavy atom. The third-order valence-corrected chi connectivity index (χ3v) is 3.03. The Labute approximate surface area is 131 Å². The topological polar surface area (TPSA) is 69.1 Å². The van der Waals surface area contributed by atoms with E-state index in [1.54, 1.807) is 17.5 Å². The van der Waals surface area contributed by atoms with E-state index in [1.807, 2.05) is 0 Å². The molecule has 96 valence electrons. The second-order valence-corrected chi connectivity index (χ2v) is 4.17. The van der Waals surface area contributed by atoms with Crippen molar-refractivity contribution in [3.05, 3.63) is 41.0 Å². The van der Waals surface area contributed by atoms with Crippen molar-refractivity contribution in [3.63, 3.8) is 0 Å². The molecule has 18 heavy (non-hydrogen) atoms. The van der Waals surface area contributed by atoms with Crippen LogP contribution in [-0.4, -0.2) is 5.91 Å². The summed E-state index contributed by atoms with van der Waals surface area (Å²) >= 11 is 5.48. The highest BCUT2D eigenvalue weighted by Gasteiger charge is 2.15. The van der Waals surface area contributed by atoms with Crippen LogP contribution in [-0.2, 0) is 0 Å². The molecular weight excluding hydrogens is 481 g/mol. The molecule has 0 aliphatic heterocycles. The van der Waals surface area contributed by atoms with Crippen LogP contribution in [0.3, 0.4) is 0 Å². The Morgan fingerprint density at radius 3 is 2.28 bits per heavy atom. The van der Waals surface area contributed by atoms with Crippen molar-refractivity contribution in [1.82, 2.24) is 0 Å². The summed E-state index contributed by atoms with van der Waals surface area (Å²) in [7, 11) is 0. The first-order valence-electron chi connectivity index (χ1n) is 4.66. The molecule has 1 amide bonds. The van der Waals surface area contributed by atoms with Gasteiger partial charge in [-0.15, -0.1) is 11.3 Å². The Morgan fingerprint density at radius 1 is 1.22 bits per heavy atom. The van der Waals surface area contributed by atoms with Gasteiger partial charge in [0.2, 0.25) is 0 Å². The molecule has 2 aromatic rings. The highest BCUT2D eigenvalue weighted by atomic mass is 128. The molecule has 1 aromatic heterocycles. The summed E-state index contributed by atoms with van der Waals surface area (Å²) in [5.74, 6) is -0.898. The quantitative estimate of drug-likeness (QED) is 0.626. The molecule has 0 radical (unpaired) electrons. The van der Waals surface area contributed by atoms with E-state index in [0.29, 0.717) is 16.1 Å². The number of rotatable bonds is 2. The summed E-state index contributed by atoms with van der Waals surface area (Å²) in [6, 6.07) is 5.83. The Kier molecular flexibility index (Phi) is 6.29. The van der Waals surface area contributed by atoms with Crippen LogP contribution in [0.15, 0.2) is 29.6 Å². The highest BCUT2D eigenvalue weighted by molar-refractivity contribution is 15.0. The van der Waals surface area contributed by atoms with Gasteiger partial charge in [0, 0.05) is 48.2 Å². The second kappa shape index (κ2) is 7.24. The number of thiophene rings is 1. The lowest BCUT2D eigenvalue weighted by molar-refractivity contribution is 0.100. The molecule has 0 saturated heterocycles. The number of carbonyl (C=O) groups excluding carboxylic acids is 1. The van der Waals surface area contributed by atoms with Crippen molar-refractivity contribution in [2.75, 3.05) is 5.73 Å². The SMILES string of the molecule is II.NC(=O)c1c(-c2ccc(F)cc2)csc1N. The van der Waals surface area contributed by atoms with E-state index in [4.69, 9.17) is 11.5 Å². The zero-order chi connectivity index (χ0) is 13.7. The molecule has 0 fully saturated rings. The molecule has 0 aliphatic carbocycles. The van der Waals surface area contributed by atoms with Gasteiger partial charge in [0.05, 0.1) is 10.6 Å². The minimum Gasteiger partial charge on any atom is -0.390 e. The first-order chi connectivity index (χ1) is 8.59. The second-order valence-electron chi connectivity index (χ2n) is 3.26. The average Bonchev–Trinajstić information content (AvgIpc) is 2.75. The van der Waals surface area contributed by atoms with E-state index in [1.165, 1.54) is 23.5 Å². The summed E-state index contributed by atoms with van der Waals surface area (Å²) < 4.78 is 12.8. The molecular formula is C11H9FI2N2OS. The zero-order valence-electron chi connectivity index (χ0n) is 8.99. The Balaban J connectivity index is 0.000000771. The normalized spacial score (nSPS) is 9.50. The molecule has 4 N–H and O–H groups in total. The lowest BCUT2D eigenvalue weighted by atomic mass is 10.0. The van der Waals surface area contributed by atoms with E-state index >= 15 is 0 Å². The van der Waals surface area contributed by atoms with Gasteiger partial charge in [0.15, 0.2) is 0 Å². The maximum absolute atomic E-state index is 12.8. The fourth-order valence-electron chi connectivity index (χ4n) is 1.47. The molecule has 7 heteroatoms. The largest absolute Gasteiger partial charge is 0.390 e. The van der Waals surface area contributed by atoms with Gasteiger partial charge in [-0.2, -0.15) is 0 Å².